The highest BCUT2D eigenvalue weighted by molar-refractivity contribution is 5.77. The maximum absolute atomic E-state index is 14.7. The minimum atomic E-state index is -1.00. The molecular weight excluding hydrogens is 338 g/mol. The molecule has 2 saturated carbocycles. The smallest absolute Gasteiger partial charge is 0.191 e. The van der Waals surface area contributed by atoms with Crippen molar-refractivity contribution in [2.45, 2.75) is 43.9 Å². The second kappa shape index (κ2) is 6.01. The topological polar surface area (TPSA) is 50.2 Å². The Balaban J connectivity index is 1.47. The summed E-state index contributed by atoms with van der Waals surface area (Å²) in [7, 11) is 0. The van der Waals surface area contributed by atoms with Crippen LogP contribution >= 0.6 is 0 Å². The molecule has 2 aliphatic carbocycles. The number of alkyl halides is 1. The van der Waals surface area contributed by atoms with Gasteiger partial charge in [0.15, 0.2) is 17.1 Å². The van der Waals surface area contributed by atoms with E-state index in [2.05, 4.69) is 10.3 Å². The molecule has 2 aromatic heterocycles. The molecule has 5 nitrogen and oxygen atoms in total. The van der Waals surface area contributed by atoms with E-state index in [1.54, 1.807) is 11.1 Å². The molecule has 5 rings (SSSR count). The van der Waals surface area contributed by atoms with Crippen molar-refractivity contribution < 1.29 is 8.78 Å². The Morgan fingerprint density at radius 3 is 2.77 bits per heavy atom. The van der Waals surface area contributed by atoms with E-state index >= 15 is 0 Å². The Labute approximate surface area is 150 Å². The third-order valence-electron chi connectivity index (χ3n) is 5.68. The first kappa shape index (κ1) is 16.2. The van der Waals surface area contributed by atoms with Gasteiger partial charge >= 0.3 is 0 Å². The molecule has 2 atom stereocenters. The first-order valence-corrected chi connectivity index (χ1v) is 9.44. The Hall–Kier alpha value is -2.02. The summed E-state index contributed by atoms with van der Waals surface area (Å²) in [5, 5.41) is 3.65. The molecule has 3 aliphatic rings. The van der Waals surface area contributed by atoms with Crippen molar-refractivity contribution >= 4 is 16.9 Å². The van der Waals surface area contributed by atoms with Gasteiger partial charge in [0.2, 0.25) is 0 Å². The Morgan fingerprint density at radius 1 is 1.23 bits per heavy atom. The Bertz CT molecular complexity index is 906. The first-order valence-electron chi connectivity index (χ1n) is 9.44. The largest absolute Gasteiger partial charge is 0.351 e. The van der Waals surface area contributed by atoms with Crippen LogP contribution in [0.3, 0.4) is 0 Å². The normalized spacial score (nSPS) is 26.0. The van der Waals surface area contributed by atoms with E-state index in [0.29, 0.717) is 36.2 Å². The predicted molar refractivity (Wildman–Crippen MR) is 95.9 cm³/mol. The predicted octanol–water partition coefficient (Wildman–Crippen LogP) is 2.40. The van der Waals surface area contributed by atoms with E-state index in [1.165, 1.54) is 12.1 Å². The lowest BCUT2D eigenvalue weighted by molar-refractivity contribution is 0.276. The van der Waals surface area contributed by atoms with Crippen LogP contribution in [0.2, 0.25) is 0 Å². The van der Waals surface area contributed by atoms with Gasteiger partial charge < -0.3 is 14.8 Å². The van der Waals surface area contributed by atoms with Gasteiger partial charge in [-0.05, 0) is 31.7 Å². The molecule has 3 fully saturated rings. The maximum atomic E-state index is 14.7. The fraction of sp³-hybridized carbons (Fsp3) is 0.579. The summed E-state index contributed by atoms with van der Waals surface area (Å²) in [5.41, 5.74) is 0.275. The molecule has 1 aliphatic heterocycles. The van der Waals surface area contributed by atoms with E-state index in [9.17, 15) is 13.6 Å². The van der Waals surface area contributed by atoms with Gasteiger partial charge in [-0.15, -0.1) is 0 Å². The lowest BCUT2D eigenvalue weighted by atomic mass is 10.1. The fourth-order valence-corrected chi connectivity index (χ4v) is 3.83. The highest BCUT2D eigenvalue weighted by Gasteiger charge is 2.36. The van der Waals surface area contributed by atoms with E-state index in [1.807, 2.05) is 4.57 Å². The molecule has 0 unspecified atom stereocenters. The van der Waals surface area contributed by atoms with Gasteiger partial charge in [0, 0.05) is 43.4 Å². The van der Waals surface area contributed by atoms with Gasteiger partial charge in [0.1, 0.15) is 11.8 Å². The number of halogens is 2. The molecule has 7 heteroatoms. The molecule has 26 heavy (non-hydrogen) atoms. The minimum Gasteiger partial charge on any atom is -0.351 e. The zero-order chi connectivity index (χ0) is 17.8. The molecule has 1 saturated heterocycles. The second-order valence-corrected chi connectivity index (χ2v) is 7.85. The van der Waals surface area contributed by atoms with Crippen LogP contribution in [0.5, 0.6) is 0 Å². The van der Waals surface area contributed by atoms with Crippen LogP contribution in [0.4, 0.5) is 14.6 Å². The summed E-state index contributed by atoms with van der Waals surface area (Å²) < 4.78 is 31.1. The Morgan fingerprint density at radius 2 is 2.04 bits per heavy atom. The van der Waals surface area contributed by atoms with Crippen LogP contribution in [0, 0.1) is 11.7 Å². The average Bonchev–Trinajstić information content (AvgIpc) is 3.53. The number of anilines is 1. The second-order valence-electron chi connectivity index (χ2n) is 7.85. The number of fused-ring (bicyclic) bond motifs is 1. The Kier molecular flexibility index (Phi) is 3.74. The highest BCUT2D eigenvalue weighted by atomic mass is 19.1. The number of pyridine rings is 2. The number of aromatic nitrogens is 2. The standard InChI is InChI=1S/C19H22F2N4O/c20-15-7-14-17(26)5-6-25(13-3-4-13)18(14)23-19(15)24-9-11(16(21)10-24)8-22-12-1-2-12/h5-7,11-13,16,22H,1-4,8-10H2/t11-,16+/m0/s1. The van der Waals surface area contributed by atoms with Crippen molar-refractivity contribution in [3.05, 3.63) is 34.4 Å². The molecule has 138 valence electrons. The van der Waals surface area contributed by atoms with Crippen LogP contribution in [0.1, 0.15) is 31.7 Å². The summed E-state index contributed by atoms with van der Waals surface area (Å²) in [6.07, 6.45) is 5.13. The summed E-state index contributed by atoms with van der Waals surface area (Å²) >= 11 is 0. The molecule has 0 bridgehead atoms. The molecule has 0 amide bonds. The number of rotatable bonds is 5. The van der Waals surface area contributed by atoms with Gasteiger partial charge in [-0.2, -0.15) is 0 Å². The van der Waals surface area contributed by atoms with Crippen molar-refractivity contribution in [2.24, 2.45) is 5.92 Å². The van der Waals surface area contributed by atoms with Gasteiger partial charge in [0.05, 0.1) is 11.9 Å². The van der Waals surface area contributed by atoms with Crippen molar-refractivity contribution in [1.29, 1.82) is 0 Å². The van der Waals surface area contributed by atoms with Crippen LogP contribution in [0.15, 0.2) is 23.1 Å². The molecule has 0 aromatic carbocycles. The molecule has 2 aromatic rings. The number of hydrogen-bond donors (Lipinski definition) is 1. The molecule has 3 heterocycles. The molecule has 1 N–H and O–H groups in total. The van der Waals surface area contributed by atoms with E-state index in [0.717, 1.165) is 25.7 Å². The van der Waals surface area contributed by atoms with Gasteiger partial charge in [-0.25, -0.2) is 13.8 Å². The quantitative estimate of drug-likeness (QED) is 0.890. The van der Waals surface area contributed by atoms with Crippen molar-refractivity contribution in [2.75, 3.05) is 24.5 Å². The van der Waals surface area contributed by atoms with Gasteiger partial charge in [0.25, 0.3) is 0 Å². The van der Waals surface area contributed by atoms with Crippen molar-refractivity contribution in [3.8, 4) is 0 Å². The molecular formula is C19H22F2N4O. The SMILES string of the molecule is O=c1ccn(C2CC2)c2nc(N3C[C@H](CNC4CC4)[C@H](F)C3)c(F)cc12. The lowest BCUT2D eigenvalue weighted by Gasteiger charge is -2.19. The van der Waals surface area contributed by atoms with Crippen LogP contribution < -0.4 is 15.6 Å². The van der Waals surface area contributed by atoms with Crippen molar-refractivity contribution in [1.82, 2.24) is 14.9 Å². The van der Waals surface area contributed by atoms with E-state index in [-0.39, 0.29) is 23.7 Å². The number of nitrogens with one attached hydrogen (secondary N) is 1. The molecule has 0 radical (unpaired) electrons. The molecule has 0 spiro atoms. The highest BCUT2D eigenvalue weighted by Crippen LogP contribution is 2.37. The summed E-state index contributed by atoms with van der Waals surface area (Å²) in [6.45, 7) is 1.20. The minimum absolute atomic E-state index is 0.146. The maximum Gasteiger partial charge on any atom is 0.191 e. The van der Waals surface area contributed by atoms with Gasteiger partial charge in [-0.1, -0.05) is 0 Å². The van der Waals surface area contributed by atoms with E-state index < -0.39 is 12.0 Å². The van der Waals surface area contributed by atoms with Crippen LogP contribution in [-0.2, 0) is 0 Å². The average molecular weight is 360 g/mol. The summed E-state index contributed by atoms with van der Waals surface area (Å²) in [5.74, 6) is -0.547. The third-order valence-corrected chi connectivity index (χ3v) is 5.68. The van der Waals surface area contributed by atoms with Gasteiger partial charge in [-0.3, -0.25) is 4.79 Å². The first-order chi connectivity index (χ1) is 12.6. The summed E-state index contributed by atoms with van der Waals surface area (Å²) in [4.78, 5) is 18.3. The van der Waals surface area contributed by atoms with Crippen molar-refractivity contribution in [3.63, 3.8) is 0 Å². The third kappa shape index (κ3) is 2.88. The van der Waals surface area contributed by atoms with Crippen LogP contribution in [0.25, 0.3) is 11.0 Å². The number of hydrogen-bond acceptors (Lipinski definition) is 4. The van der Waals surface area contributed by atoms with E-state index in [4.69, 9.17) is 0 Å². The lowest BCUT2D eigenvalue weighted by Crippen LogP contribution is -2.30. The zero-order valence-electron chi connectivity index (χ0n) is 14.5. The monoisotopic (exact) mass is 360 g/mol. The zero-order valence-corrected chi connectivity index (χ0v) is 14.5. The van der Waals surface area contributed by atoms with Crippen LogP contribution in [-0.4, -0.2) is 41.4 Å². The number of nitrogens with zero attached hydrogens (tertiary/aromatic N) is 3. The summed E-state index contributed by atoms with van der Waals surface area (Å²) in [6, 6.07) is 3.59. The fourth-order valence-electron chi connectivity index (χ4n) is 3.83.